The van der Waals surface area contributed by atoms with Gasteiger partial charge in [0.1, 0.15) is 6.33 Å². The quantitative estimate of drug-likeness (QED) is 0.635. The summed E-state index contributed by atoms with van der Waals surface area (Å²) in [5.41, 5.74) is 0.778. The molecule has 0 aliphatic heterocycles. The number of hydrogen-bond donors (Lipinski definition) is 2. The average Bonchev–Trinajstić information content (AvgIpc) is 2.27. The van der Waals surface area contributed by atoms with Gasteiger partial charge in [0.05, 0.1) is 0 Å². The van der Waals surface area contributed by atoms with Crippen molar-refractivity contribution in [2.24, 2.45) is 0 Å². The van der Waals surface area contributed by atoms with Crippen LogP contribution in [0.25, 0.3) is 0 Å². The zero-order valence-electron chi connectivity index (χ0n) is 8.67. The summed E-state index contributed by atoms with van der Waals surface area (Å²) in [6.07, 6.45) is 4.53. The van der Waals surface area contributed by atoms with Gasteiger partial charge in [-0.1, -0.05) is 0 Å². The van der Waals surface area contributed by atoms with Gasteiger partial charge in [-0.15, -0.1) is 0 Å². The second kappa shape index (κ2) is 6.49. The van der Waals surface area contributed by atoms with E-state index in [1.165, 1.54) is 6.33 Å². The second-order valence-electron chi connectivity index (χ2n) is 3.32. The summed E-state index contributed by atoms with van der Waals surface area (Å²) in [6, 6.07) is 1.53. The number of aliphatic carboxylic acids is 1. The Balaban J connectivity index is 2.50. The van der Waals surface area contributed by atoms with Crippen LogP contribution in [0.5, 0.6) is 0 Å². The molecule has 0 saturated heterocycles. The first kappa shape index (κ1) is 12.1. The lowest BCUT2D eigenvalue weighted by Crippen LogP contribution is -2.30. The summed E-state index contributed by atoms with van der Waals surface area (Å²) in [5.74, 6) is -0.875. The molecule has 1 unspecified atom stereocenters. The number of carboxylic acid groups (broad SMARTS) is 1. The maximum atomic E-state index is 10.4. The van der Waals surface area contributed by atoms with Crippen molar-refractivity contribution in [2.75, 3.05) is 0 Å². The van der Waals surface area contributed by atoms with E-state index in [1.807, 2.05) is 0 Å². The number of aromatic nitrogens is 2. The van der Waals surface area contributed by atoms with E-state index in [0.29, 0.717) is 19.3 Å². The Morgan fingerprint density at radius 3 is 3.00 bits per heavy atom. The Bertz CT molecular complexity index is 342. The predicted octanol–water partition coefficient (Wildman–Crippen LogP) is -0.00150. The molecule has 1 heterocycles. The van der Waals surface area contributed by atoms with E-state index in [-0.39, 0.29) is 12.5 Å². The molecule has 0 radical (unpaired) electrons. The standard InChI is InChI=1S/C10H13N3O3/c14-7-13-8(1-2-10(15)16)5-9-3-4-11-6-12-9/h3-4,6-8H,1-2,5H2,(H,13,14)(H,15,16). The van der Waals surface area contributed by atoms with Gasteiger partial charge in [0, 0.05) is 30.8 Å². The first-order chi connectivity index (χ1) is 7.72. The molecule has 6 heteroatoms. The lowest BCUT2D eigenvalue weighted by molar-refractivity contribution is -0.137. The molecule has 0 aliphatic rings. The number of rotatable bonds is 7. The average molecular weight is 223 g/mol. The van der Waals surface area contributed by atoms with Gasteiger partial charge in [-0.2, -0.15) is 0 Å². The van der Waals surface area contributed by atoms with Gasteiger partial charge in [0.2, 0.25) is 6.41 Å². The van der Waals surface area contributed by atoms with E-state index < -0.39 is 5.97 Å². The Hall–Kier alpha value is -1.98. The Kier molecular flexibility index (Phi) is 4.91. The first-order valence-electron chi connectivity index (χ1n) is 4.88. The number of carboxylic acids is 1. The Labute approximate surface area is 92.7 Å². The van der Waals surface area contributed by atoms with Crippen molar-refractivity contribution < 1.29 is 14.7 Å². The molecular formula is C10H13N3O3. The maximum absolute atomic E-state index is 10.4. The number of nitrogens with one attached hydrogen (secondary N) is 1. The molecule has 0 spiro atoms. The fourth-order valence-corrected chi connectivity index (χ4v) is 1.33. The molecule has 1 aromatic rings. The topological polar surface area (TPSA) is 92.2 Å². The van der Waals surface area contributed by atoms with E-state index >= 15 is 0 Å². The van der Waals surface area contributed by atoms with E-state index in [1.54, 1.807) is 12.3 Å². The van der Waals surface area contributed by atoms with Crippen LogP contribution in [0.1, 0.15) is 18.5 Å². The second-order valence-corrected chi connectivity index (χ2v) is 3.32. The number of amides is 1. The molecule has 0 saturated carbocycles. The molecule has 0 bridgehead atoms. The number of hydrogen-bond acceptors (Lipinski definition) is 4. The minimum atomic E-state index is -0.875. The van der Waals surface area contributed by atoms with Crippen LogP contribution in [0, 0.1) is 0 Å². The lowest BCUT2D eigenvalue weighted by atomic mass is 10.1. The van der Waals surface area contributed by atoms with Crippen molar-refractivity contribution in [3.8, 4) is 0 Å². The molecule has 0 aromatic carbocycles. The monoisotopic (exact) mass is 223 g/mol. The summed E-state index contributed by atoms with van der Waals surface area (Å²) < 4.78 is 0. The number of nitrogens with zero attached hydrogens (tertiary/aromatic N) is 2. The molecule has 86 valence electrons. The SMILES string of the molecule is O=CNC(CCC(=O)O)Cc1ccncn1. The van der Waals surface area contributed by atoms with Crippen molar-refractivity contribution in [2.45, 2.75) is 25.3 Å². The van der Waals surface area contributed by atoms with Crippen LogP contribution in [-0.4, -0.2) is 33.5 Å². The van der Waals surface area contributed by atoms with Crippen LogP contribution in [-0.2, 0) is 16.0 Å². The van der Waals surface area contributed by atoms with Crippen molar-refractivity contribution in [1.82, 2.24) is 15.3 Å². The Morgan fingerprint density at radius 2 is 2.44 bits per heavy atom. The summed E-state index contributed by atoms with van der Waals surface area (Å²) in [5, 5.41) is 11.1. The smallest absolute Gasteiger partial charge is 0.303 e. The van der Waals surface area contributed by atoms with Crippen LogP contribution in [0.15, 0.2) is 18.6 Å². The van der Waals surface area contributed by atoms with Gasteiger partial charge in [0.15, 0.2) is 0 Å². The maximum Gasteiger partial charge on any atom is 0.303 e. The van der Waals surface area contributed by atoms with Crippen LogP contribution in [0.2, 0.25) is 0 Å². The summed E-state index contributed by atoms with van der Waals surface area (Å²) in [7, 11) is 0. The van der Waals surface area contributed by atoms with E-state index in [2.05, 4.69) is 15.3 Å². The highest BCUT2D eigenvalue weighted by Crippen LogP contribution is 2.04. The van der Waals surface area contributed by atoms with Gasteiger partial charge in [-0.25, -0.2) is 9.97 Å². The molecule has 6 nitrogen and oxygen atoms in total. The van der Waals surface area contributed by atoms with Gasteiger partial charge in [-0.3, -0.25) is 9.59 Å². The van der Waals surface area contributed by atoms with Crippen LogP contribution in [0.3, 0.4) is 0 Å². The molecule has 1 atom stereocenters. The zero-order chi connectivity index (χ0) is 11.8. The highest BCUT2D eigenvalue weighted by molar-refractivity contribution is 5.66. The van der Waals surface area contributed by atoms with Crippen LogP contribution < -0.4 is 5.32 Å². The van der Waals surface area contributed by atoms with Crippen molar-refractivity contribution in [3.63, 3.8) is 0 Å². The third kappa shape index (κ3) is 4.50. The minimum absolute atomic E-state index is 0.0244. The minimum Gasteiger partial charge on any atom is -0.481 e. The molecule has 0 fully saturated rings. The van der Waals surface area contributed by atoms with Gasteiger partial charge < -0.3 is 10.4 Å². The summed E-state index contributed by atoms with van der Waals surface area (Å²) >= 11 is 0. The van der Waals surface area contributed by atoms with Crippen molar-refractivity contribution in [1.29, 1.82) is 0 Å². The molecule has 1 amide bonds. The highest BCUT2D eigenvalue weighted by Gasteiger charge is 2.11. The predicted molar refractivity (Wildman–Crippen MR) is 55.6 cm³/mol. The van der Waals surface area contributed by atoms with Gasteiger partial charge in [0.25, 0.3) is 0 Å². The molecular weight excluding hydrogens is 210 g/mol. The molecule has 2 N–H and O–H groups in total. The molecule has 16 heavy (non-hydrogen) atoms. The summed E-state index contributed by atoms with van der Waals surface area (Å²) in [4.78, 5) is 28.6. The van der Waals surface area contributed by atoms with E-state index in [9.17, 15) is 9.59 Å². The highest BCUT2D eigenvalue weighted by atomic mass is 16.4. The van der Waals surface area contributed by atoms with Gasteiger partial charge >= 0.3 is 5.97 Å². The van der Waals surface area contributed by atoms with E-state index in [0.717, 1.165) is 5.69 Å². The van der Waals surface area contributed by atoms with Crippen LogP contribution >= 0.6 is 0 Å². The number of carbonyl (C=O) groups is 2. The third-order valence-electron chi connectivity index (χ3n) is 2.11. The van der Waals surface area contributed by atoms with Crippen LogP contribution in [0.4, 0.5) is 0 Å². The third-order valence-corrected chi connectivity index (χ3v) is 2.11. The first-order valence-corrected chi connectivity index (χ1v) is 4.88. The van der Waals surface area contributed by atoms with Crippen molar-refractivity contribution >= 4 is 12.4 Å². The normalized spacial score (nSPS) is 11.8. The van der Waals surface area contributed by atoms with E-state index in [4.69, 9.17) is 5.11 Å². The molecule has 1 aromatic heterocycles. The zero-order valence-corrected chi connectivity index (χ0v) is 8.67. The lowest BCUT2D eigenvalue weighted by Gasteiger charge is -2.13. The summed E-state index contributed by atoms with van der Waals surface area (Å²) in [6.45, 7) is 0. The number of carbonyl (C=O) groups excluding carboxylic acids is 1. The molecule has 0 aliphatic carbocycles. The fraction of sp³-hybridized carbons (Fsp3) is 0.400. The Morgan fingerprint density at radius 1 is 1.62 bits per heavy atom. The largest absolute Gasteiger partial charge is 0.481 e. The van der Waals surface area contributed by atoms with Crippen molar-refractivity contribution in [3.05, 3.63) is 24.3 Å². The van der Waals surface area contributed by atoms with Gasteiger partial charge in [-0.05, 0) is 12.5 Å². The molecule has 1 rings (SSSR count). The fourth-order valence-electron chi connectivity index (χ4n) is 1.33.